The fourth-order valence-corrected chi connectivity index (χ4v) is 5.33. The van der Waals surface area contributed by atoms with E-state index in [-0.39, 0.29) is 19.6 Å². The van der Waals surface area contributed by atoms with Gasteiger partial charge in [-0.1, -0.05) is 18.2 Å². The van der Waals surface area contributed by atoms with Crippen molar-refractivity contribution in [3.63, 3.8) is 0 Å². The molecule has 8 nitrogen and oxygen atoms in total. The van der Waals surface area contributed by atoms with E-state index in [1.54, 1.807) is 55.5 Å². The van der Waals surface area contributed by atoms with Crippen molar-refractivity contribution in [2.45, 2.75) is 31.4 Å². The molecule has 3 rings (SSSR count). The highest BCUT2D eigenvalue weighted by molar-refractivity contribution is 7.95. The predicted molar refractivity (Wildman–Crippen MR) is 118 cm³/mol. The Morgan fingerprint density at radius 1 is 1.10 bits per heavy atom. The van der Waals surface area contributed by atoms with Gasteiger partial charge in [0.2, 0.25) is 15.9 Å². The second-order valence-electron chi connectivity index (χ2n) is 7.32. The summed E-state index contributed by atoms with van der Waals surface area (Å²) in [5, 5.41) is 2.70. The quantitative estimate of drug-likeness (QED) is 0.656. The Balaban J connectivity index is 1.71. The van der Waals surface area contributed by atoms with Gasteiger partial charge < -0.3 is 14.8 Å². The van der Waals surface area contributed by atoms with Crippen LogP contribution in [0, 0.1) is 0 Å². The zero-order valence-electron chi connectivity index (χ0n) is 17.5. The number of carbonyl (C=O) groups excluding carboxylic acids is 2. The van der Waals surface area contributed by atoms with E-state index in [1.807, 2.05) is 6.07 Å². The number of esters is 1. The number of amides is 1. The number of nitrogens with zero attached hydrogens (tertiary/aromatic N) is 1. The summed E-state index contributed by atoms with van der Waals surface area (Å²) in [4.78, 5) is 24.4. The van der Waals surface area contributed by atoms with E-state index >= 15 is 0 Å². The van der Waals surface area contributed by atoms with Crippen LogP contribution < -0.4 is 14.4 Å². The fraction of sp³-hybridized carbons (Fsp3) is 0.364. The maximum atomic E-state index is 13.3. The van der Waals surface area contributed by atoms with Crippen molar-refractivity contribution in [1.82, 2.24) is 0 Å². The lowest BCUT2D eigenvalue weighted by Gasteiger charge is -2.39. The molecule has 9 heteroatoms. The summed E-state index contributed by atoms with van der Waals surface area (Å²) in [5.74, 6) is -0.635. The molecule has 1 unspecified atom stereocenters. The highest BCUT2D eigenvalue weighted by atomic mass is 32.2. The van der Waals surface area contributed by atoms with Gasteiger partial charge in [-0.3, -0.25) is 9.10 Å². The number of carbonyl (C=O) groups is 2. The molecule has 2 aromatic rings. The Kier molecular flexibility index (Phi) is 6.84. The van der Waals surface area contributed by atoms with Gasteiger partial charge in [-0.15, -0.1) is 0 Å². The fourth-order valence-electron chi connectivity index (χ4n) is 3.39. The van der Waals surface area contributed by atoms with Crippen LogP contribution >= 0.6 is 0 Å². The summed E-state index contributed by atoms with van der Waals surface area (Å²) in [6.07, 6.45) is 0.796. The van der Waals surface area contributed by atoms with Crippen molar-refractivity contribution in [3.8, 4) is 5.75 Å². The number of nitrogens with one attached hydrogen (secondary N) is 1. The van der Waals surface area contributed by atoms with Gasteiger partial charge in [0.15, 0.2) is 11.4 Å². The first-order valence-corrected chi connectivity index (χ1v) is 11.5. The number of rotatable bonds is 7. The molecule has 0 aliphatic carbocycles. The van der Waals surface area contributed by atoms with Crippen LogP contribution in [0.25, 0.3) is 0 Å². The minimum atomic E-state index is -3.92. The van der Waals surface area contributed by atoms with Crippen molar-refractivity contribution in [2.75, 3.05) is 29.4 Å². The van der Waals surface area contributed by atoms with Gasteiger partial charge in [-0.25, -0.2) is 13.2 Å². The molecule has 0 spiro atoms. The third-order valence-electron chi connectivity index (χ3n) is 5.17. The lowest BCUT2D eigenvalue weighted by atomic mass is 10.0. The van der Waals surface area contributed by atoms with Gasteiger partial charge >= 0.3 is 5.97 Å². The molecule has 0 aromatic heterocycles. The molecule has 1 fully saturated rings. The third-order valence-corrected chi connectivity index (χ3v) is 7.68. The Labute approximate surface area is 182 Å². The molecule has 0 radical (unpaired) electrons. The lowest BCUT2D eigenvalue weighted by molar-refractivity contribution is -0.145. The van der Waals surface area contributed by atoms with E-state index < -0.39 is 26.6 Å². The van der Waals surface area contributed by atoms with Crippen LogP contribution in [0.1, 0.15) is 26.7 Å². The minimum Gasteiger partial charge on any atom is -0.482 e. The van der Waals surface area contributed by atoms with Crippen molar-refractivity contribution < 1.29 is 27.5 Å². The molecule has 1 aliphatic rings. The summed E-state index contributed by atoms with van der Waals surface area (Å²) in [6, 6.07) is 15.1. The maximum Gasteiger partial charge on any atom is 0.344 e. The molecule has 1 atom stereocenters. The molecule has 1 amide bonds. The number of ether oxygens (including phenoxy) is 2. The van der Waals surface area contributed by atoms with Crippen LogP contribution in [0.3, 0.4) is 0 Å². The van der Waals surface area contributed by atoms with Crippen molar-refractivity contribution in [3.05, 3.63) is 54.6 Å². The van der Waals surface area contributed by atoms with Gasteiger partial charge in [0.05, 0.1) is 12.3 Å². The standard InChI is InChI=1S/C22H26N2O6S/c1-3-29-20(25)16-30-19-12-10-17(11-13-19)23-21(26)22(2)14-7-15-24(31(22,27)28)18-8-5-4-6-9-18/h4-6,8-13H,3,7,14-16H2,1-2H3,(H,23,26). The third kappa shape index (κ3) is 4.82. The van der Waals surface area contributed by atoms with Gasteiger partial charge in [-0.2, -0.15) is 0 Å². The van der Waals surface area contributed by atoms with Crippen molar-refractivity contribution >= 4 is 33.3 Å². The molecular formula is C22H26N2O6S. The van der Waals surface area contributed by atoms with Crippen LogP contribution in [-0.2, 0) is 24.3 Å². The Bertz CT molecular complexity index is 1020. The Hall–Kier alpha value is -3.07. The second kappa shape index (κ2) is 9.38. The van der Waals surface area contributed by atoms with E-state index in [9.17, 15) is 18.0 Å². The second-order valence-corrected chi connectivity index (χ2v) is 9.61. The summed E-state index contributed by atoms with van der Waals surface area (Å²) < 4.78 is 36.5. The molecule has 1 saturated heterocycles. The molecule has 2 aromatic carbocycles. The molecule has 166 valence electrons. The zero-order chi connectivity index (χ0) is 22.5. The highest BCUT2D eigenvalue weighted by Gasteiger charge is 2.51. The molecule has 0 saturated carbocycles. The molecule has 31 heavy (non-hydrogen) atoms. The predicted octanol–water partition coefficient (Wildman–Crippen LogP) is 2.96. The smallest absolute Gasteiger partial charge is 0.344 e. The largest absolute Gasteiger partial charge is 0.482 e. The van der Waals surface area contributed by atoms with Crippen LogP contribution in [-0.4, -0.2) is 44.8 Å². The highest BCUT2D eigenvalue weighted by Crippen LogP contribution is 2.36. The van der Waals surface area contributed by atoms with E-state index in [1.165, 1.54) is 11.2 Å². The van der Waals surface area contributed by atoms with Gasteiger partial charge in [0.25, 0.3) is 0 Å². The molecule has 0 bridgehead atoms. The van der Waals surface area contributed by atoms with Crippen molar-refractivity contribution in [1.29, 1.82) is 0 Å². The normalized spacial score (nSPS) is 20.0. The number of benzene rings is 2. The van der Waals surface area contributed by atoms with Crippen LogP contribution in [0.2, 0.25) is 0 Å². The summed E-state index contributed by atoms with van der Waals surface area (Å²) >= 11 is 0. The zero-order valence-corrected chi connectivity index (χ0v) is 18.4. The number of hydrogen-bond acceptors (Lipinski definition) is 6. The number of sulfonamides is 1. The first-order valence-electron chi connectivity index (χ1n) is 10.0. The van der Waals surface area contributed by atoms with Gasteiger partial charge in [0, 0.05) is 12.2 Å². The average molecular weight is 447 g/mol. The molecular weight excluding hydrogens is 420 g/mol. The van der Waals surface area contributed by atoms with E-state index in [2.05, 4.69) is 5.32 Å². The molecule has 1 heterocycles. The van der Waals surface area contributed by atoms with Gasteiger partial charge in [-0.05, 0) is 63.1 Å². The molecule has 1 N–H and O–H groups in total. The molecule has 1 aliphatic heterocycles. The van der Waals surface area contributed by atoms with Crippen LogP contribution in [0.4, 0.5) is 11.4 Å². The number of anilines is 2. The van der Waals surface area contributed by atoms with E-state index in [4.69, 9.17) is 9.47 Å². The van der Waals surface area contributed by atoms with E-state index in [0.29, 0.717) is 30.1 Å². The first kappa shape index (κ1) is 22.6. The Morgan fingerprint density at radius 2 is 1.77 bits per heavy atom. The van der Waals surface area contributed by atoms with Gasteiger partial charge in [0.1, 0.15) is 5.75 Å². The number of hydrogen-bond donors (Lipinski definition) is 1. The minimum absolute atomic E-state index is 0.217. The summed E-state index contributed by atoms with van der Waals surface area (Å²) in [6.45, 7) is 3.56. The average Bonchev–Trinajstić information content (AvgIpc) is 2.76. The van der Waals surface area contributed by atoms with Crippen molar-refractivity contribution in [2.24, 2.45) is 0 Å². The van der Waals surface area contributed by atoms with Crippen LogP contribution in [0.5, 0.6) is 5.75 Å². The van der Waals surface area contributed by atoms with Crippen LogP contribution in [0.15, 0.2) is 54.6 Å². The topological polar surface area (TPSA) is 102 Å². The monoisotopic (exact) mass is 446 g/mol. The first-order chi connectivity index (χ1) is 14.8. The lowest BCUT2D eigenvalue weighted by Crippen LogP contribution is -2.57. The number of para-hydroxylation sites is 1. The Morgan fingerprint density at radius 3 is 2.42 bits per heavy atom. The maximum absolute atomic E-state index is 13.3. The summed E-state index contributed by atoms with van der Waals surface area (Å²) in [7, 11) is -3.92. The SMILES string of the molecule is CCOC(=O)COc1ccc(NC(=O)C2(C)CCCN(c3ccccc3)S2(=O)=O)cc1. The summed E-state index contributed by atoms with van der Waals surface area (Å²) in [5.41, 5.74) is 0.978. The van der Waals surface area contributed by atoms with E-state index in [0.717, 1.165) is 0 Å².